The Morgan fingerprint density at radius 2 is 2.04 bits per heavy atom. The summed E-state index contributed by atoms with van der Waals surface area (Å²) in [5, 5.41) is 0. The van der Waals surface area contributed by atoms with Gasteiger partial charge in [0.1, 0.15) is 5.82 Å². The van der Waals surface area contributed by atoms with E-state index in [0.717, 1.165) is 43.5 Å². The zero-order valence-electron chi connectivity index (χ0n) is 14.7. The molecule has 5 nitrogen and oxygen atoms in total. The summed E-state index contributed by atoms with van der Waals surface area (Å²) >= 11 is 0. The summed E-state index contributed by atoms with van der Waals surface area (Å²) < 4.78 is 0. The van der Waals surface area contributed by atoms with E-state index in [2.05, 4.69) is 19.8 Å². The lowest BCUT2D eigenvalue weighted by molar-refractivity contribution is -0.139. The number of fused-ring (bicyclic) bond motifs is 2. The molecule has 0 N–H and O–H groups in total. The zero-order chi connectivity index (χ0) is 16.5. The Morgan fingerprint density at radius 3 is 2.96 bits per heavy atom. The highest BCUT2D eigenvalue weighted by Gasteiger charge is 2.36. The molecule has 4 rings (SSSR count). The van der Waals surface area contributed by atoms with Crippen LogP contribution >= 0.6 is 0 Å². The van der Waals surface area contributed by atoms with Crippen LogP contribution in [0.3, 0.4) is 0 Å². The van der Waals surface area contributed by atoms with Gasteiger partial charge in [0.25, 0.3) is 0 Å². The minimum Gasteiger partial charge on any atom is -0.338 e. The second kappa shape index (κ2) is 6.79. The van der Waals surface area contributed by atoms with E-state index in [-0.39, 0.29) is 0 Å². The largest absolute Gasteiger partial charge is 0.338 e. The molecule has 1 saturated carbocycles. The van der Waals surface area contributed by atoms with Crippen LogP contribution in [0.2, 0.25) is 0 Å². The smallest absolute Gasteiger partial charge is 0.237 e. The fraction of sp³-hybridized carbons (Fsp3) is 0.737. The van der Waals surface area contributed by atoms with Crippen molar-refractivity contribution in [3.05, 3.63) is 23.3 Å². The van der Waals surface area contributed by atoms with Crippen LogP contribution in [-0.4, -0.2) is 51.4 Å². The number of piperidine rings is 1. The third-order valence-corrected chi connectivity index (χ3v) is 6.07. The summed E-state index contributed by atoms with van der Waals surface area (Å²) in [5.41, 5.74) is 2.35. The first-order chi connectivity index (χ1) is 11.7. The molecular formula is C19H28N4O. The molecule has 1 amide bonds. The van der Waals surface area contributed by atoms with Crippen LogP contribution in [0.1, 0.15) is 55.6 Å². The molecule has 0 spiro atoms. The van der Waals surface area contributed by atoms with Gasteiger partial charge in [-0.25, -0.2) is 9.97 Å². The van der Waals surface area contributed by atoms with E-state index < -0.39 is 0 Å². The highest BCUT2D eigenvalue weighted by Crippen LogP contribution is 2.35. The topological polar surface area (TPSA) is 49.3 Å². The molecule has 0 bridgehead atoms. The van der Waals surface area contributed by atoms with Crippen molar-refractivity contribution in [1.82, 2.24) is 19.8 Å². The number of carbonyl (C=O) groups is 1. The van der Waals surface area contributed by atoms with Gasteiger partial charge in [0, 0.05) is 31.9 Å². The van der Waals surface area contributed by atoms with Gasteiger partial charge in [0.15, 0.2) is 0 Å². The summed E-state index contributed by atoms with van der Waals surface area (Å²) in [5.74, 6) is 1.91. The lowest BCUT2D eigenvalue weighted by Crippen LogP contribution is -2.52. The molecule has 3 aliphatic rings. The van der Waals surface area contributed by atoms with Crippen LogP contribution in [0.25, 0.3) is 0 Å². The predicted octanol–water partition coefficient (Wildman–Crippen LogP) is 2.32. The molecule has 2 aliphatic heterocycles. The fourth-order valence-electron chi connectivity index (χ4n) is 4.81. The van der Waals surface area contributed by atoms with Crippen LogP contribution in [0, 0.1) is 12.8 Å². The van der Waals surface area contributed by atoms with E-state index in [9.17, 15) is 4.79 Å². The van der Waals surface area contributed by atoms with Gasteiger partial charge in [-0.05, 0) is 50.5 Å². The summed E-state index contributed by atoms with van der Waals surface area (Å²) in [6.07, 6.45) is 10.6. The van der Waals surface area contributed by atoms with Crippen molar-refractivity contribution in [2.24, 2.45) is 5.92 Å². The van der Waals surface area contributed by atoms with E-state index in [1.165, 1.54) is 44.1 Å². The number of hydrogen-bond acceptors (Lipinski definition) is 4. The number of nitrogens with zero attached hydrogens (tertiary/aromatic N) is 4. The molecule has 2 fully saturated rings. The third-order valence-electron chi connectivity index (χ3n) is 6.07. The lowest BCUT2D eigenvalue weighted by Gasteiger charge is -2.44. The monoisotopic (exact) mass is 328 g/mol. The number of aromatic nitrogens is 2. The number of likely N-dealkylation sites (tertiary alicyclic amines) is 1. The van der Waals surface area contributed by atoms with E-state index in [4.69, 9.17) is 0 Å². The maximum Gasteiger partial charge on any atom is 0.237 e. The fourth-order valence-corrected chi connectivity index (χ4v) is 4.81. The first kappa shape index (κ1) is 16.0. The Labute approximate surface area is 144 Å². The molecule has 3 heterocycles. The van der Waals surface area contributed by atoms with Crippen molar-refractivity contribution in [2.75, 3.05) is 19.6 Å². The molecule has 0 radical (unpaired) electrons. The molecule has 24 heavy (non-hydrogen) atoms. The van der Waals surface area contributed by atoms with Crippen LogP contribution < -0.4 is 0 Å². The van der Waals surface area contributed by atoms with Gasteiger partial charge in [0.2, 0.25) is 5.91 Å². The average Bonchev–Trinajstić information content (AvgIpc) is 2.61. The lowest BCUT2D eigenvalue weighted by atomic mass is 9.78. The van der Waals surface area contributed by atoms with Gasteiger partial charge < -0.3 is 4.90 Å². The molecule has 1 aliphatic carbocycles. The Balaban J connectivity index is 1.41. The molecule has 5 heteroatoms. The van der Waals surface area contributed by atoms with E-state index in [0.29, 0.717) is 18.5 Å². The molecule has 0 unspecified atom stereocenters. The predicted molar refractivity (Wildman–Crippen MR) is 92.4 cm³/mol. The highest BCUT2D eigenvalue weighted by atomic mass is 16.2. The third kappa shape index (κ3) is 3.18. The Kier molecular flexibility index (Phi) is 4.53. The summed E-state index contributed by atoms with van der Waals surface area (Å²) in [6.45, 7) is 5.16. The SMILES string of the molecule is Cc1ncc2c(n1)CN(CC(=O)N1CCC[C@H]3CCCC[C@H]31)CC2. The average molecular weight is 328 g/mol. The Bertz CT molecular complexity index is 615. The summed E-state index contributed by atoms with van der Waals surface area (Å²) in [7, 11) is 0. The summed E-state index contributed by atoms with van der Waals surface area (Å²) in [6, 6.07) is 0.515. The molecule has 1 saturated heterocycles. The van der Waals surface area contributed by atoms with Gasteiger partial charge in [-0.1, -0.05) is 12.8 Å². The number of amides is 1. The highest BCUT2D eigenvalue weighted by molar-refractivity contribution is 5.78. The first-order valence-corrected chi connectivity index (χ1v) is 9.54. The zero-order valence-corrected chi connectivity index (χ0v) is 14.7. The molecule has 130 valence electrons. The minimum atomic E-state index is 0.334. The molecule has 0 aromatic carbocycles. The van der Waals surface area contributed by atoms with Crippen molar-refractivity contribution in [2.45, 2.75) is 64.5 Å². The molecule has 1 aromatic heterocycles. The van der Waals surface area contributed by atoms with Gasteiger partial charge in [-0.15, -0.1) is 0 Å². The van der Waals surface area contributed by atoms with Gasteiger partial charge >= 0.3 is 0 Å². The Morgan fingerprint density at radius 1 is 1.21 bits per heavy atom. The maximum absolute atomic E-state index is 13.0. The van der Waals surface area contributed by atoms with Crippen LogP contribution in [0.15, 0.2) is 6.20 Å². The number of rotatable bonds is 2. The van der Waals surface area contributed by atoms with E-state index in [1.807, 2.05) is 13.1 Å². The maximum atomic E-state index is 13.0. The number of hydrogen-bond donors (Lipinski definition) is 0. The standard InChI is InChI=1S/C19H28N4O/c1-14-20-11-16-8-10-22(12-17(16)21-14)13-19(24)23-9-4-6-15-5-2-3-7-18(15)23/h11,15,18H,2-10,12-13H2,1H3/t15-,18-/m1/s1. The van der Waals surface area contributed by atoms with Crippen molar-refractivity contribution in [3.8, 4) is 0 Å². The van der Waals surface area contributed by atoms with Gasteiger partial charge in [-0.3, -0.25) is 9.69 Å². The first-order valence-electron chi connectivity index (χ1n) is 9.54. The second-order valence-electron chi connectivity index (χ2n) is 7.69. The van der Waals surface area contributed by atoms with Crippen molar-refractivity contribution in [1.29, 1.82) is 0 Å². The van der Waals surface area contributed by atoms with Crippen molar-refractivity contribution >= 4 is 5.91 Å². The normalized spacial score (nSPS) is 27.5. The quantitative estimate of drug-likeness (QED) is 0.836. The van der Waals surface area contributed by atoms with Crippen LogP contribution in [0.4, 0.5) is 0 Å². The van der Waals surface area contributed by atoms with Crippen molar-refractivity contribution in [3.63, 3.8) is 0 Å². The van der Waals surface area contributed by atoms with Crippen LogP contribution in [0.5, 0.6) is 0 Å². The number of aryl methyl sites for hydroxylation is 1. The molecule has 2 atom stereocenters. The van der Waals surface area contributed by atoms with E-state index >= 15 is 0 Å². The van der Waals surface area contributed by atoms with Gasteiger partial charge in [-0.2, -0.15) is 0 Å². The number of carbonyl (C=O) groups excluding carboxylic acids is 1. The Hall–Kier alpha value is -1.49. The van der Waals surface area contributed by atoms with Crippen LogP contribution in [-0.2, 0) is 17.8 Å². The van der Waals surface area contributed by atoms with Gasteiger partial charge in [0.05, 0.1) is 12.2 Å². The minimum absolute atomic E-state index is 0.334. The summed E-state index contributed by atoms with van der Waals surface area (Å²) in [4.78, 5) is 26.3. The van der Waals surface area contributed by atoms with E-state index in [1.54, 1.807) is 0 Å². The molecule has 1 aromatic rings. The van der Waals surface area contributed by atoms with Crippen molar-refractivity contribution < 1.29 is 4.79 Å². The molecular weight excluding hydrogens is 300 g/mol. The second-order valence-corrected chi connectivity index (χ2v) is 7.69.